The minimum Gasteiger partial charge on any atom is -0.377 e. The zero-order valence-corrected chi connectivity index (χ0v) is 23.4. The lowest BCUT2D eigenvalue weighted by atomic mass is 9.77. The van der Waals surface area contributed by atoms with Gasteiger partial charge in [-0.1, -0.05) is 92.7 Å². The first-order valence-electron chi connectivity index (χ1n) is 14.3. The van der Waals surface area contributed by atoms with E-state index in [4.69, 9.17) is 0 Å². The fourth-order valence-corrected chi connectivity index (χ4v) is 7.52. The Morgan fingerprint density at radius 1 is 0.825 bits per heavy atom. The molecule has 1 aliphatic carbocycles. The summed E-state index contributed by atoms with van der Waals surface area (Å²) < 4.78 is 2.33. The molecule has 0 saturated heterocycles. The number of aromatic amines is 1. The van der Waals surface area contributed by atoms with Gasteiger partial charge in [0.05, 0.1) is 17.6 Å². The largest absolute Gasteiger partial charge is 0.377 e. The molecule has 4 heteroatoms. The molecule has 2 aliphatic heterocycles. The van der Waals surface area contributed by atoms with Gasteiger partial charge in [0.1, 0.15) is 0 Å². The molecule has 3 aliphatic rings. The maximum Gasteiger partial charge on any atom is 0.0627 e. The monoisotopic (exact) mass is 522 g/mol. The van der Waals surface area contributed by atoms with Gasteiger partial charge in [0.2, 0.25) is 0 Å². The van der Waals surface area contributed by atoms with Gasteiger partial charge in [0.15, 0.2) is 0 Å². The minimum atomic E-state index is -0.00383. The number of anilines is 1. The van der Waals surface area contributed by atoms with Crippen molar-refractivity contribution in [2.45, 2.75) is 31.3 Å². The maximum atomic E-state index is 3.85. The first kappa shape index (κ1) is 23.4. The second-order valence-corrected chi connectivity index (χ2v) is 12.2. The lowest BCUT2D eigenvalue weighted by molar-refractivity contribution is 0.396. The zero-order chi connectivity index (χ0) is 27.2. The molecule has 0 fully saturated rings. The van der Waals surface area contributed by atoms with Gasteiger partial charge in [-0.3, -0.25) is 0 Å². The van der Waals surface area contributed by atoms with Gasteiger partial charge in [-0.05, 0) is 23.3 Å². The third-order valence-corrected chi connectivity index (χ3v) is 9.58. The van der Waals surface area contributed by atoms with E-state index in [1.165, 1.54) is 61.0 Å². The summed E-state index contributed by atoms with van der Waals surface area (Å²) in [4.78, 5) is 5.88. The molecule has 5 aromatic rings. The summed E-state index contributed by atoms with van der Waals surface area (Å²) in [5.74, 6) is 0.327. The Hall–Kier alpha value is -4.44. The standard InChI is InChI=1S/C36H34N4/c1-36(2)29-13-6-8-15-31(29)38-35(36)28-21-39(3)34-24(11-9-12-26(28)34)22-16-17-32-23(18-22)19-33(40(32)4)27-20-37-30-14-7-5-10-25(27)30/h5-21,23,32,35,37-38H,1-4H3. The SMILES string of the molecule is CN1C(c2c[nH]c3ccccc23)=CC2C=C(c3cccc4c(C5Nc6ccccc6C5(C)C)cn(C)c34)C=CC21. The number of nitrogens with zero attached hydrogens (tertiary/aromatic N) is 2. The molecular weight excluding hydrogens is 488 g/mol. The van der Waals surface area contributed by atoms with Crippen molar-refractivity contribution in [3.05, 3.63) is 126 Å². The Kier molecular flexibility index (Phi) is 4.85. The van der Waals surface area contributed by atoms with Crippen LogP contribution in [0.4, 0.5) is 5.69 Å². The molecule has 198 valence electrons. The van der Waals surface area contributed by atoms with E-state index in [1.54, 1.807) is 0 Å². The van der Waals surface area contributed by atoms with Crippen LogP contribution in [0.3, 0.4) is 0 Å². The van der Waals surface area contributed by atoms with Crippen LogP contribution in [0.2, 0.25) is 0 Å². The van der Waals surface area contributed by atoms with Crippen molar-refractivity contribution >= 4 is 38.8 Å². The highest BCUT2D eigenvalue weighted by atomic mass is 15.2. The second kappa shape index (κ2) is 8.28. The first-order chi connectivity index (χ1) is 19.4. The van der Waals surface area contributed by atoms with E-state index >= 15 is 0 Å². The van der Waals surface area contributed by atoms with E-state index in [-0.39, 0.29) is 11.5 Å². The number of para-hydroxylation sites is 3. The number of H-pyrrole nitrogens is 1. The normalized spacial score (nSPS) is 22.8. The van der Waals surface area contributed by atoms with Crippen LogP contribution in [-0.2, 0) is 12.5 Å². The lowest BCUT2D eigenvalue weighted by Gasteiger charge is -2.28. The molecule has 4 heterocycles. The zero-order valence-electron chi connectivity index (χ0n) is 23.4. The lowest BCUT2D eigenvalue weighted by Crippen LogP contribution is -2.29. The molecule has 3 unspecified atom stereocenters. The molecule has 0 amide bonds. The molecule has 8 rings (SSSR count). The third kappa shape index (κ3) is 3.19. The summed E-state index contributed by atoms with van der Waals surface area (Å²) in [5, 5.41) is 6.46. The highest BCUT2D eigenvalue weighted by molar-refractivity contribution is 5.98. The van der Waals surface area contributed by atoms with Crippen molar-refractivity contribution in [3.8, 4) is 0 Å². The number of aryl methyl sites for hydroxylation is 1. The quantitative estimate of drug-likeness (QED) is 0.252. The molecule has 0 spiro atoms. The highest BCUT2D eigenvalue weighted by Gasteiger charge is 2.41. The number of allylic oxidation sites excluding steroid dienone is 2. The van der Waals surface area contributed by atoms with Crippen molar-refractivity contribution in [1.29, 1.82) is 0 Å². The second-order valence-electron chi connectivity index (χ2n) is 12.2. The number of rotatable bonds is 3. The summed E-state index contributed by atoms with van der Waals surface area (Å²) in [7, 11) is 4.42. The summed E-state index contributed by atoms with van der Waals surface area (Å²) >= 11 is 0. The van der Waals surface area contributed by atoms with Crippen molar-refractivity contribution in [1.82, 2.24) is 14.5 Å². The van der Waals surface area contributed by atoms with Gasteiger partial charge in [0, 0.05) is 82.2 Å². The first-order valence-corrected chi connectivity index (χ1v) is 14.3. The predicted molar refractivity (Wildman–Crippen MR) is 167 cm³/mol. The molecule has 0 bridgehead atoms. The number of nitrogens with one attached hydrogen (secondary N) is 2. The molecule has 0 radical (unpaired) electrons. The van der Waals surface area contributed by atoms with Gasteiger partial charge >= 0.3 is 0 Å². The van der Waals surface area contributed by atoms with E-state index in [1.807, 2.05) is 0 Å². The molecule has 3 atom stereocenters. The fourth-order valence-electron chi connectivity index (χ4n) is 7.52. The van der Waals surface area contributed by atoms with Crippen LogP contribution < -0.4 is 5.32 Å². The molecule has 4 nitrogen and oxygen atoms in total. The summed E-state index contributed by atoms with van der Waals surface area (Å²) in [6.07, 6.45) is 14.1. The average Bonchev–Trinajstić information content (AvgIpc) is 3.70. The topological polar surface area (TPSA) is 36.0 Å². The maximum absolute atomic E-state index is 3.85. The van der Waals surface area contributed by atoms with Crippen LogP contribution in [-0.4, -0.2) is 27.5 Å². The number of hydrogen-bond donors (Lipinski definition) is 2. The van der Waals surface area contributed by atoms with Crippen LogP contribution in [0.1, 0.15) is 42.1 Å². The third-order valence-electron chi connectivity index (χ3n) is 9.58. The number of hydrogen-bond acceptors (Lipinski definition) is 2. The van der Waals surface area contributed by atoms with E-state index in [0.29, 0.717) is 12.0 Å². The van der Waals surface area contributed by atoms with Gasteiger partial charge < -0.3 is 19.8 Å². The van der Waals surface area contributed by atoms with Gasteiger partial charge in [-0.15, -0.1) is 0 Å². The number of benzene rings is 3. The smallest absolute Gasteiger partial charge is 0.0627 e. The molecule has 3 aromatic carbocycles. The number of aromatic nitrogens is 2. The van der Waals surface area contributed by atoms with Crippen LogP contribution in [0.15, 0.2) is 103 Å². The summed E-state index contributed by atoms with van der Waals surface area (Å²) in [6.45, 7) is 4.72. The summed E-state index contributed by atoms with van der Waals surface area (Å²) in [5.41, 5.74) is 11.6. The number of fused-ring (bicyclic) bond motifs is 4. The number of likely N-dealkylation sites (N-methyl/N-ethyl adjacent to an activating group) is 1. The van der Waals surface area contributed by atoms with Gasteiger partial charge in [-0.25, -0.2) is 0 Å². The Bertz CT molecular complexity index is 1910. The molecule has 40 heavy (non-hydrogen) atoms. The van der Waals surface area contributed by atoms with E-state index in [2.05, 4.69) is 151 Å². The molecule has 2 aromatic heterocycles. The fraction of sp³-hybridized carbons (Fsp3) is 0.222. The highest BCUT2D eigenvalue weighted by Crippen LogP contribution is 2.50. The van der Waals surface area contributed by atoms with Crippen molar-refractivity contribution in [2.75, 3.05) is 12.4 Å². The van der Waals surface area contributed by atoms with Crippen molar-refractivity contribution < 1.29 is 0 Å². The van der Waals surface area contributed by atoms with Gasteiger partial charge in [-0.2, -0.15) is 0 Å². The van der Waals surface area contributed by atoms with Crippen LogP contribution >= 0.6 is 0 Å². The molecular formula is C36H34N4. The summed E-state index contributed by atoms with van der Waals surface area (Å²) in [6, 6.07) is 24.7. The van der Waals surface area contributed by atoms with E-state index in [0.717, 1.165) is 0 Å². The Labute approximate surface area is 235 Å². The Morgan fingerprint density at radius 3 is 2.50 bits per heavy atom. The van der Waals surface area contributed by atoms with E-state index < -0.39 is 0 Å². The molecule has 2 N–H and O–H groups in total. The van der Waals surface area contributed by atoms with Crippen LogP contribution in [0.25, 0.3) is 33.1 Å². The molecule has 0 saturated carbocycles. The van der Waals surface area contributed by atoms with Crippen LogP contribution in [0, 0.1) is 5.92 Å². The van der Waals surface area contributed by atoms with Crippen molar-refractivity contribution in [3.63, 3.8) is 0 Å². The average molecular weight is 523 g/mol. The Morgan fingerprint density at radius 2 is 1.62 bits per heavy atom. The van der Waals surface area contributed by atoms with Gasteiger partial charge in [0.25, 0.3) is 0 Å². The van der Waals surface area contributed by atoms with Crippen LogP contribution in [0.5, 0.6) is 0 Å². The minimum absolute atomic E-state index is 0.00383. The predicted octanol–water partition coefficient (Wildman–Crippen LogP) is 8.03. The Balaban J connectivity index is 1.20. The van der Waals surface area contributed by atoms with Crippen molar-refractivity contribution in [2.24, 2.45) is 13.0 Å². The van der Waals surface area contributed by atoms with E-state index in [9.17, 15) is 0 Å².